The van der Waals surface area contributed by atoms with Crippen LogP contribution in [0.2, 0.25) is 0 Å². The van der Waals surface area contributed by atoms with E-state index in [0.717, 1.165) is 25.2 Å². The van der Waals surface area contributed by atoms with Crippen molar-refractivity contribution >= 4 is 5.69 Å². The summed E-state index contributed by atoms with van der Waals surface area (Å²) in [7, 11) is 0. The number of piperidine rings is 1. The molecular formula is C21H33N3O. The van der Waals surface area contributed by atoms with E-state index in [2.05, 4.69) is 45.0 Å². The van der Waals surface area contributed by atoms with E-state index in [1.807, 2.05) is 0 Å². The summed E-state index contributed by atoms with van der Waals surface area (Å²) in [4.78, 5) is 8.01. The van der Waals surface area contributed by atoms with Gasteiger partial charge in [0.2, 0.25) is 0 Å². The molecule has 0 atom stereocenters. The number of benzene rings is 1. The number of hydrogen-bond acceptors (Lipinski definition) is 4. The minimum Gasteiger partial charge on any atom is -0.381 e. The molecule has 3 saturated heterocycles. The molecule has 3 fully saturated rings. The smallest absolute Gasteiger partial charge is 0.0469 e. The van der Waals surface area contributed by atoms with Crippen molar-refractivity contribution < 1.29 is 4.74 Å². The zero-order chi connectivity index (χ0) is 16.9. The lowest BCUT2D eigenvalue weighted by molar-refractivity contribution is 0.0407. The number of ether oxygens (including phenoxy) is 1. The lowest BCUT2D eigenvalue weighted by Gasteiger charge is -2.44. The van der Waals surface area contributed by atoms with Gasteiger partial charge in [0.1, 0.15) is 0 Å². The zero-order valence-corrected chi connectivity index (χ0v) is 15.5. The van der Waals surface area contributed by atoms with Crippen LogP contribution < -0.4 is 4.90 Å². The molecule has 4 nitrogen and oxygen atoms in total. The Morgan fingerprint density at radius 3 is 2.16 bits per heavy atom. The van der Waals surface area contributed by atoms with Gasteiger partial charge < -0.3 is 14.5 Å². The molecule has 0 aromatic heterocycles. The molecule has 0 bridgehead atoms. The maximum absolute atomic E-state index is 5.50. The topological polar surface area (TPSA) is 19.0 Å². The van der Waals surface area contributed by atoms with Crippen LogP contribution in [0, 0.1) is 5.92 Å². The van der Waals surface area contributed by atoms with Crippen molar-refractivity contribution in [2.45, 2.75) is 31.7 Å². The Bertz CT molecular complexity index is 501. The second-order valence-electron chi connectivity index (χ2n) is 7.95. The first-order chi connectivity index (χ1) is 12.4. The molecule has 0 aliphatic carbocycles. The molecular weight excluding hydrogens is 310 g/mol. The molecule has 1 aromatic carbocycles. The van der Waals surface area contributed by atoms with Gasteiger partial charge in [0.25, 0.3) is 0 Å². The van der Waals surface area contributed by atoms with E-state index < -0.39 is 0 Å². The fraction of sp³-hybridized carbons (Fsp3) is 0.714. The van der Waals surface area contributed by atoms with Crippen molar-refractivity contribution in [1.82, 2.24) is 9.80 Å². The van der Waals surface area contributed by atoms with Crippen molar-refractivity contribution in [3.63, 3.8) is 0 Å². The van der Waals surface area contributed by atoms with E-state index in [-0.39, 0.29) is 0 Å². The SMILES string of the molecule is c1ccc(N2CCN(C3CCN(CC4CCOCC4)CC3)CC2)cc1. The van der Waals surface area contributed by atoms with E-state index in [1.54, 1.807) is 0 Å². The standard InChI is InChI=1S/C21H33N3O/c1-2-4-20(5-3-1)23-12-14-24(15-13-23)21-6-10-22(11-7-21)18-19-8-16-25-17-9-19/h1-5,19,21H,6-18H2. The van der Waals surface area contributed by atoms with Crippen LogP contribution in [0.25, 0.3) is 0 Å². The molecule has 1 aromatic rings. The summed E-state index contributed by atoms with van der Waals surface area (Å²) in [5, 5.41) is 0. The van der Waals surface area contributed by atoms with E-state index in [0.29, 0.717) is 0 Å². The van der Waals surface area contributed by atoms with Gasteiger partial charge in [-0.3, -0.25) is 4.90 Å². The molecule has 0 amide bonds. The van der Waals surface area contributed by atoms with Crippen LogP contribution in [-0.4, -0.2) is 74.9 Å². The summed E-state index contributed by atoms with van der Waals surface area (Å²) < 4.78 is 5.50. The average Bonchev–Trinajstić information content (AvgIpc) is 2.70. The van der Waals surface area contributed by atoms with Crippen molar-refractivity contribution in [2.75, 3.05) is 63.9 Å². The van der Waals surface area contributed by atoms with Gasteiger partial charge in [0, 0.05) is 57.7 Å². The van der Waals surface area contributed by atoms with Crippen LogP contribution in [0.5, 0.6) is 0 Å². The molecule has 3 aliphatic rings. The zero-order valence-electron chi connectivity index (χ0n) is 15.5. The number of para-hydroxylation sites is 1. The number of piperazine rings is 1. The highest BCUT2D eigenvalue weighted by atomic mass is 16.5. The van der Waals surface area contributed by atoms with Gasteiger partial charge >= 0.3 is 0 Å². The molecule has 138 valence electrons. The maximum atomic E-state index is 5.50. The van der Waals surface area contributed by atoms with Crippen LogP contribution in [-0.2, 0) is 4.74 Å². The van der Waals surface area contributed by atoms with Gasteiger partial charge in [-0.2, -0.15) is 0 Å². The summed E-state index contributed by atoms with van der Waals surface area (Å²) >= 11 is 0. The van der Waals surface area contributed by atoms with E-state index in [9.17, 15) is 0 Å². The first kappa shape index (κ1) is 17.3. The van der Waals surface area contributed by atoms with Gasteiger partial charge in [-0.1, -0.05) is 18.2 Å². The minimum atomic E-state index is 0.809. The van der Waals surface area contributed by atoms with Crippen LogP contribution in [0.1, 0.15) is 25.7 Å². The predicted octanol–water partition coefficient (Wildman–Crippen LogP) is 2.70. The second-order valence-corrected chi connectivity index (χ2v) is 7.95. The monoisotopic (exact) mass is 343 g/mol. The Labute approximate surface area is 152 Å². The van der Waals surface area contributed by atoms with Crippen molar-refractivity contribution in [2.24, 2.45) is 5.92 Å². The lowest BCUT2D eigenvalue weighted by atomic mass is 9.96. The normalized spacial score (nSPS) is 25.4. The molecule has 3 aliphatic heterocycles. The summed E-state index contributed by atoms with van der Waals surface area (Å²) in [5.41, 5.74) is 1.38. The molecule has 0 unspecified atom stereocenters. The molecule has 25 heavy (non-hydrogen) atoms. The summed E-state index contributed by atoms with van der Waals surface area (Å²) in [6, 6.07) is 11.7. The van der Waals surface area contributed by atoms with E-state index in [4.69, 9.17) is 4.74 Å². The van der Waals surface area contributed by atoms with E-state index in [1.165, 1.54) is 77.2 Å². The molecule has 4 heteroatoms. The van der Waals surface area contributed by atoms with Crippen LogP contribution in [0.15, 0.2) is 30.3 Å². The highest BCUT2D eigenvalue weighted by molar-refractivity contribution is 5.46. The minimum absolute atomic E-state index is 0.809. The number of likely N-dealkylation sites (tertiary alicyclic amines) is 1. The molecule has 0 saturated carbocycles. The Morgan fingerprint density at radius 1 is 0.800 bits per heavy atom. The molecule has 4 rings (SSSR count). The fourth-order valence-corrected chi connectivity index (χ4v) is 4.75. The Hall–Kier alpha value is -1.10. The molecule has 3 heterocycles. The highest BCUT2D eigenvalue weighted by Crippen LogP contribution is 2.23. The largest absolute Gasteiger partial charge is 0.381 e. The second kappa shape index (κ2) is 8.52. The third-order valence-electron chi connectivity index (χ3n) is 6.37. The molecule has 0 radical (unpaired) electrons. The summed E-state index contributed by atoms with van der Waals surface area (Å²) in [6.45, 7) is 10.6. The van der Waals surface area contributed by atoms with Gasteiger partial charge in [0.05, 0.1) is 0 Å². The number of nitrogens with zero attached hydrogens (tertiary/aromatic N) is 3. The van der Waals surface area contributed by atoms with Crippen molar-refractivity contribution in [1.29, 1.82) is 0 Å². The predicted molar refractivity (Wildman–Crippen MR) is 103 cm³/mol. The third-order valence-corrected chi connectivity index (χ3v) is 6.37. The first-order valence-electron chi connectivity index (χ1n) is 10.2. The number of anilines is 1. The quantitative estimate of drug-likeness (QED) is 0.837. The van der Waals surface area contributed by atoms with Gasteiger partial charge in [-0.15, -0.1) is 0 Å². The Kier molecular flexibility index (Phi) is 5.90. The molecule has 0 N–H and O–H groups in total. The Morgan fingerprint density at radius 2 is 1.48 bits per heavy atom. The van der Waals surface area contributed by atoms with Crippen LogP contribution in [0.4, 0.5) is 5.69 Å². The summed E-state index contributed by atoms with van der Waals surface area (Å²) in [5.74, 6) is 0.875. The highest BCUT2D eigenvalue weighted by Gasteiger charge is 2.28. The first-order valence-corrected chi connectivity index (χ1v) is 10.2. The van der Waals surface area contributed by atoms with Gasteiger partial charge in [-0.25, -0.2) is 0 Å². The fourth-order valence-electron chi connectivity index (χ4n) is 4.75. The van der Waals surface area contributed by atoms with Gasteiger partial charge in [0.15, 0.2) is 0 Å². The Balaban J connectivity index is 1.20. The van der Waals surface area contributed by atoms with Gasteiger partial charge in [-0.05, 0) is 56.8 Å². The lowest BCUT2D eigenvalue weighted by Crippen LogP contribution is -2.53. The third kappa shape index (κ3) is 4.55. The molecule has 0 spiro atoms. The van der Waals surface area contributed by atoms with Crippen molar-refractivity contribution in [3.8, 4) is 0 Å². The van der Waals surface area contributed by atoms with Crippen LogP contribution >= 0.6 is 0 Å². The maximum Gasteiger partial charge on any atom is 0.0469 e. The number of hydrogen-bond donors (Lipinski definition) is 0. The summed E-state index contributed by atoms with van der Waals surface area (Å²) in [6.07, 6.45) is 5.24. The van der Waals surface area contributed by atoms with Crippen molar-refractivity contribution in [3.05, 3.63) is 30.3 Å². The average molecular weight is 344 g/mol. The number of rotatable bonds is 4. The van der Waals surface area contributed by atoms with E-state index >= 15 is 0 Å². The van der Waals surface area contributed by atoms with Crippen LogP contribution in [0.3, 0.4) is 0 Å².